The van der Waals surface area contributed by atoms with Crippen molar-refractivity contribution in [3.05, 3.63) is 12.2 Å². The highest BCUT2D eigenvalue weighted by molar-refractivity contribution is 5.00. The Balaban J connectivity index is 3.82. The number of aliphatic hydroxyl groups is 1. The molecule has 0 saturated heterocycles. The Bertz CT molecular complexity index is 136. The van der Waals surface area contributed by atoms with Crippen LogP contribution in [0.1, 0.15) is 13.3 Å². The van der Waals surface area contributed by atoms with Gasteiger partial charge in [0.1, 0.15) is 6.23 Å². The first-order valence-electron chi connectivity index (χ1n) is 4.18. The highest BCUT2D eigenvalue weighted by Crippen LogP contribution is 2.04. The van der Waals surface area contributed by atoms with Crippen molar-refractivity contribution in [3.63, 3.8) is 0 Å². The highest BCUT2D eigenvalue weighted by atomic mass is 16.5. The molecule has 0 bridgehead atoms. The van der Waals surface area contributed by atoms with Crippen molar-refractivity contribution < 1.29 is 9.84 Å². The van der Waals surface area contributed by atoms with Crippen LogP contribution in [0.5, 0.6) is 0 Å². The van der Waals surface area contributed by atoms with Gasteiger partial charge in [0.15, 0.2) is 0 Å². The summed E-state index contributed by atoms with van der Waals surface area (Å²) in [6.07, 6.45) is 0.443. The first kappa shape index (κ1) is 11.6. The summed E-state index contributed by atoms with van der Waals surface area (Å²) in [4.78, 5) is 1.85. The average molecular weight is 173 g/mol. The molecule has 0 aromatic rings. The number of aliphatic hydroxyl groups excluding tert-OH is 1. The minimum Gasteiger partial charge on any atom is -0.380 e. The van der Waals surface area contributed by atoms with E-state index in [2.05, 4.69) is 13.5 Å². The lowest BCUT2D eigenvalue weighted by Crippen LogP contribution is -2.34. The third kappa shape index (κ3) is 3.85. The Hall–Kier alpha value is -0.380. The van der Waals surface area contributed by atoms with Crippen LogP contribution in [0.25, 0.3) is 0 Å². The molecule has 0 aliphatic carbocycles. The van der Waals surface area contributed by atoms with E-state index in [-0.39, 0.29) is 0 Å². The molecule has 0 aliphatic heterocycles. The van der Waals surface area contributed by atoms with Gasteiger partial charge >= 0.3 is 0 Å². The minimum atomic E-state index is -0.579. The Morgan fingerprint density at radius 3 is 2.67 bits per heavy atom. The first-order chi connectivity index (χ1) is 5.63. The molecule has 0 heterocycles. The maximum absolute atomic E-state index is 9.59. The van der Waals surface area contributed by atoms with E-state index in [1.807, 2.05) is 11.9 Å². The zero-order chi connectivity index (χ0) is 9.56. The van der Waals surface area contributed by atoms with E-state index in [4.69, 9.17) is 4.74 Å². The van der Waals surface area contributed by atoms with E-state index >= 15 is 0 Å². The third-order valence-corrected chi connectivity index (χ3v) is 1.69. The predicted molar refractivity (Wildman–Crippen MR) is 49.9 cm³/mol. The summed E-state index contributed by atoms with van der Waals surface area (Å²) in [5.74, 6) is 0. The van der Waals surface area contributed by atoms with Gasteiger partial charge in [0.25, 0.3) is 0 Å². The number of methoxy groups -OCH3 is 1. The molecular weight excluding hydrogens is 154 g/mol. The molecule has 3 heteroatoms. The normalized spacial score (nSPS) is 13.4. The number of ether oxygens (including phenoxy) is 1. The second-order valence-corrected chi connectivity index (χ2v) is 2.95. The number of hydrogen-bond acceptors (Lipinski definition) is 3. The molecule has 0 spiro atoms. The van der Waals surface area contributed by atoms with Crippen LogP contribution in [0.4, 0.5) is 0 Å². The topological polar surface area (TPSA) is 32.7 Å². The van der Waals surface area contributed by atoms with Crippen molar-refractivity contribution in [3.8, 4) is 0 Å². The Labute approximate surface area is 74.6 Å². The zero-order valence-corrected chi connectivity index (χ0v) is 8.21. The molecule has 0 aliphatic rings. The van der Waals surface area contributed by atoms with Crippen molar-refractivity contribution in [2.45, 2.75) is 19.6 Å². The quantitative estimate of drug-likeness (QED) is 0.477. The third-order valence-electron chi connectivity index (χ3n) is 1.69. The van der Waals surface area contributed by atoms with Gasteiger partial charge in [-0.05, 0) is 19.0 Å². The van der Waals surface area contributed by atoms with E-state index in [9.17, 15) is 5.11 Å². The van der Waals surface area contributed by atoms with E-state index < -0.39 is 6.23 Å². The lowest BCUT2D eigenvalue weighted by molar-refractivity contribution is 0.0408. The number of rotatable bonds is 6. The Morgan fingerprint density at radius 2 is 2.25 bits per heavy atom. The molecule has 12 heavy (non-hydrogen) atoms. The van der Waals surface area contributed by atoms with Crippen LogP contribution in [-0.2, 0) is 4.74 Å². The van der Waals surface area contributed by atoms with Gasteiger partial charge in [-0.2, -0.15) is 0 Å². The fraction of sp³-hybridized carbons (Fsp3) is 0.778. The summed E-state index contributed by atoms with van der Waals surface area (Å²) in [6, 6.07) is 0. The van der Waals surface area contributed by atoms with Crippen LogP contribution in [-0.4, -0.2) is 43.5 Å². The van der Waals surface area contributed by atoms with Gasteiger partial charge in [0, 0.05) is 13.7 Å². The van der Waals surface area contributed by atoms with Crippen molar-refractivity contribution >= 4 is 0 Å². The van der Waals surface area contributed by atoms with E-state index in [0.717, 1.165) is 13.0 Å². The maximum atomic E-state index is 9.59. The largest absolute Gasteiger partial charge is 0.380 e. The molecule has 3 nitrogen and oxygen atoms in total. The number of likely N-dealkylation sites (N-methyl/N-ethyl adjacent to an activating group) is 1. The van der Waals surface area contributed by atoms with Gasteiger partial charge in [-0.15, -0.1) is 0 Å². The molecular formula is C9H19NO2. The van der Waals surface area contributed by atoms with E-state index in [1.165, 1.54) is 0 Å². The molecule has 0 amide bonds. The highest BCUT2D eigenvalue weighted by Gasteiger charge is 2.12. The Morgan fingerprint density at radius 1 is 1.67 bits per heavy atom. The van der Waals surface area contributed by atoms with Gasteiger partial charge in [-0.1, -0.05) is 13.5 Å². The molecule has 0 saturated carbocycles. The van der Waals surface area contributed by atoms with Crippen molar-refractivity contribution in [1.29, 1.82) is 0 Å². The first-order valence-corrected chi connectivity index (χ1v) is 4.18. The van der Waals surface area contributed by atoms with Crippen LogP contribution in [0.2, 0.25) is 0 Å². The summed E-state index contributed by atoms with van der Waals surface area (Å²) in [6.45, 7) is 7.08. The standard InChI is InChI=1S/C9H19NO2/c1-5-6-10(3)9(11)8(2)7-12-4/h9,11H,2,5-7H2,1,3-4H3. The van der Waals surface area contributed by atoms with Gasteiger partial charge in [-0.3, -0.25) is 4.90 Å². The summed E-state index contributed by atoms with van der Waals surface area (Å²) >= 11 is 0. The smallest absolute Gasteiger partial charge is 0.131 e. The monoisotopic (exact) mass is 173 g/mol. The lowest BCUT2D eigenvalue weighted by Gasteiger charge is -2.24. The number of hydrogen-bond donors (Lipinski definition) is 1. The second-order valence-electron chi connectivity index (χ2n) is 2.95. The molecule has 0 radical (unpaired) electrons. The molecule has 0 aromatic heterocycles. The van der Waals surface area contributed by atoms with Gasteiger partial charge in [-0.25, -0.2) is 0 Å². The van der Waals surface area contributed by atoms with Crippen LogP contribution in [0, 0.1) is 0 Å². The van der Waals surface area contributed by atoms with E-state index in [1.54, 1.807) is 7.11 Å². The van der Waals surface area contributed by atoms with Gasteiger partial charge in [0.05, 0.1) is 6.61 Å². The molecule has 1 atom stereocenters. The van der Waals surface area contributed by atoms with Crippen molar-refractivity contribution in [2.75, 3.05) is 27.3 Å². The van der Waals surface area contributed by atoms with Crippen molar-refractivity contribution in [2.24, 2.45) is 0 Å². The van der Waals surface area contributed by atoms with Crippen LogP contribution < -0.4 is 0 Å². The van der Waals surface area contributed by atoms with Gasteiger partial charge < -0.3 is 9.84 Å². The molecule has 72 valence electrons. The fourth-order valence-corrected chi connectivity index (χ4v) is 1.05. The summed E-state index contributed by atoms with van der Waals surface area (Å²) in [7, 11) is 3.47. The molecule has 0 aromatic carbocycles. The zero-order valence-electron chi connectivity index (χ0n) is 8.21. The SMILES string of the molecule is C=C(COC)C(O)N(C)CCC. The summed E-state index contributed by atoms with van der Waals surface area (Å²) in [5.41, 5.74) is 0.702. The van der Waals surface area contributed by atoms with E-state index in [0.29, 0.717) is 12.2 Å². The molecule has 0 fully saturated rings. The van der Waals surface area contributed by atoms with Crippen LogP contribution in [0.3, 0.4) is 0 Å². The second kappa shape index (κ2) is 6.17. The minimum absolute atomic E-state index is 0.412. The lowest BCUT2D eigenvalue weighted by atomic mass is 10.2. The number of nitrogens with zero attached hydrogens (tertiary/aromatic N) is 1. The predicted octanol–water partition coefficient (Wildman–Crippen LogP) is 0.849. The maximum Gasteiger partial charge on any atom is 0.131 e. The van der Waals surface area contributed by atoms with Gasteiger partial charge in [0.2, 0.25) is 0 Å². The summed E-state index contributed by atoms with van der Waals surface area (Å²) < 4.78 is 4.87. The Kier molecular flexibility index (Phi) is 5.98. The summed E-state index contributed by atoms with van der Waals surface area (Å²) in [5, 5.41) is 9.59. The molecule has 1 N–H and O–H groups in total. The van der Waals surface area contributed by atoms with Crippen molar-refractivity contribution in [1.82, 2.24) is 4.90 Å². The molecule has 0 rings (SSSR count). The fourth-order valence-electron chi connectivity index (χ4n) is 1.05. The average Bonchev–Trinajstić information content (AvgIpc) is 2.04. The van der Waals surface area contributed by atoms with Crippen LogP contribution in [0.15, 0.2) is 12.2 Å². The van der Waals surface area contributed by atoms with Crippen LogP contribution >= 0.6 is 0 Å². The molecule has 1 unspecified atom stereocenters.